The van der Waals surface area contributed by atoms with E-state index < -0.39 is 0 Å². The molecule has 1 amide bonds. The number of hydrogen-bond donors (Lipinski definition) is 1. The van der Waals surface area contributed by atoms with Crippen molar-refractivity contribution in [3.05, 3.63) is 59.8 Å². The number of pyridine rings is 2. The van der Waals surface area contributed by atoms with Crippen LogP contribution in [0, 0.1) is 29.1 Å². The lowest BCUT2D eigenvalue weighted by Gasteiger charge is -2.40. The van der Waals surface area contributed by atoms with Gasteiger partial charge in [0.15, 0.2) is 5.82 Å². The number of carbonyl (C=O) groups excluding carboxylic acids is 1. The van der Waals surface area contributed by atoms with Gasteiger partial charge < -0.3 is 34.1 Å². The third-order valence-corrected chi connectivity index (χ3v) is 11.1. The molecule has 4 aliphatic rings. The van der Waals surface area contributed by atoms with Crippen molar-refractivity contribution in [2.45, 2.75) is 50.9 Å². The third kappa shape index (κ3) is 4.98. The van der Waals surface area contributed by atoms with Crippen molar-refractivity contribution in [1.82, 2.24) is 29.0 Å². The summed E-state index contributed by atoms with van der Waals surface area (Å²) >= 11 is 0. The third-order valence-electron chi connectivity index (χ3n) is 11.1. The highest BCUT2D eigenvalue weighted by Crippen LogP contribution is 2.41. The molecule has 2 unspecified atom stereocenters. The van der Waals surface area contributed by atoms with Crippen LogP contribution in [-0.4, -0.2) is 80.8 Å². The minimum absolute atomic E-state index is 0.0140. The van der Waals surface area contributed by atoms with E-state index >= 15 is 0 Å². The molecule has 9 rings (SSSR count). The van der Waals surface area contributed by atoms with E-state index in [2.05, 4.69) is 37.2 Å². The number of piperidine rings is 1. The van der Waals surface area contributed by atoms with Crippen molar-refractivity contribution in [2.75, 3.05) is 38.8 Å². The summed E-state index contributed by atoms with van der Waals surface area (Å²) in [4.78, 5) is 32.8. The first-order chi connectivity index (χ1) is 23.9. The summed E-state index contributed by atoms with van der Waals surface area (Å²) in [7, 11) is 3.30. The molecule has 2 saturated carbocycles. The van der Waals surface area contributed by atoms with Gasteiger partial charge in [0.25, 0.3) is 5.91 Å². The number of rotatable bonds is 9. The summed E-state index contributed by atoms with van der Waals surface area (Å²) in [5, 5.41) is 10.4. The summed E-state index contributed by atoms with van der Waals surface area (Å²) < 4.78 is 16.1. The lowest BCUT2D eigenvalue weighted by molar-refractivity contribution is 0.0700. The van der Waals surface area contributed by atoms with Gasteiger partial charge in [-0.1, -0.05) is 6.07 Å². The van der Waals surface area contributed by atoms with Gasteiger partial charge in [-0.15, -0.1) is 0 Å². The highest BCUT2D eigenvalue weighted by atomic mass is 16.5. The van der Waals surface area contributed by atoms with Crippen molar-refractivity contribution in [3.8, 4) is 29.2 Å². The van der Waals surface area contributed by atoms with Crippen molar-refractivity contribution in [3.63, 3.8) is 0 Å². The summed E-state index contributed by atoms with van der Waals surface area (Å²) in [6, 6.07) is 17.8. The second-order valence-electron chi connectivity index (χ2n) is 14.1. The van der Waals surface area contributed by atoms with Gasteiger partial charge in [0, 0.05) is 67.7 Å². The highest BCUT2D eigenvalue weighted by molar-refractivity contribution is 6.00. The molecule has 2 bridgehead atoms. The number of methoxy groups -OCH3 is 2. The Bertz CT molecular complexity index is 2160. The number of hydrogen-bond acceptors (Lipinski definition) is 9. The minimum atomic E-state index is -0.0140. The van der Waals surface area contributed by atoms with Crippen LogP contribution in [0.2, 0.25) is 0 Å². The van der Waals surface area contributed by atoms with E-state index in [-0.39, 0.29) is 18.0 Å². The zero-order chi connectivity index (χ0) is 33.4. The first-order valence-corrected chi connectivity index (χ1v) is 17.2. The van der Waals surface area contributed by atoms with Crippen LogP contribution in [0.5, 0.6) is 11.6 Å². The van der Waals surface area contributed by atoms with E-state index in [0.717, 1.165) is 71.9 Å². The van der Waals surface area contributed by atoms with E-state index in [1.165, 1.54) is 12.8 Å². The van der Waals surface area contributed by atoms with Crippen LogP contribution < -0.4 is 20.1 Å². The van der Waals surface area contributed by atoms with E-state index in [0.29, 0.717) is 53.7 Å². The number of fused-ring (bicyclic) bond motifs is 4. The highest BCUT2D eigenvalue weighted by Gasteiger charge is 2.47. The van der Waals surface area contributed by atoms with E-state index in [4.69, 9.17) is 25.2 Å². The van der Waals surface area contributed by atoms with E-state index in [1.807, 2.05) is 35.2 Å². The summed E-state index contributed by atoms with van der Waals surface area (Å²) in [6.07, 6.45) is 4.42. The molecule has 49 heavy (non-hydrogen) atoms. The molecule has 3 atom stereocenters. The molecule has 12 heteroatoms. The predicted octanol–water partition coefficient (Wildman–Crippen LogP) is 4.44. The standard InChI is InChI=1S/C37H39N9O3/c1-48-30-14-25(37(47)45-20-24-8-10-28(45)33(24)39)12-27-34(30)46(19-22-16-43(17-22)31-5-3-4-26(15-38)40-31)36(41-27)29-13-23-9-11-32(49-2)42-35(23)44(29)18-21-6-7-21/h3-5,9,11-14,21-22,24,28,33H,6-8,10,16-20,39H2,1-2H3/t24?,28?,33-/m1/s1. The van der Waals surface area contributed by atoms with Crippen LogP contribution in [0.3, 0.4) is 0 Å². The SMILES string of the molecule is COc1ccc2cc(-c3nc4cc(C(=O)N5CC6CCC5[C@@H]6N)cc(OC)c4n3CC3CN(c4cccc(C#N)n4)C3)n(CC3CC3)c2n1. The van der Waals surface area contributed by atoms with Gasteiger partial charge in [-0.3, -0.25) is 4.79 Å². The molecule has 4 aromatic heterocycles. The number of aromatic nitrogens is 5. The van der Waals surface area contributed by atoms with Crippen molar-refractivity contribution < 1.29 is 14.3 Å². The Morgan fingerprint density at radius 3 is 2.49 bits per heavy atom. The lowest BCUT2D eigenvalue weighted by Crippen LogP contribution is -2.49. The number of ether oxygens (including phenoxy) is 2. The van der Waals surface area contributed by atoms with Gasteiger partial charge in [0.1, 0.15) is 34.5 Å². The van der Waals surface area contributed by atoms with Gasteiger partial charge in [0.2, 0.25) is 5.88 Å². The fourth-order valence-corrected chi connectivity index (χ4v) is 8.27. The summed E-state index contributed by atoms with van der Waals surface area (Å²) in [5.41, 5.74) is 10.9. The number of nitrogens with zero attached hydrogens (tertiary/aromatic N) is 8. The lowest BCUT2D eigenvalue weighted by atomic mass is 9.99. The van der Waals surface area contributed by atoms with Crippen LogP contribution >= 0.6 is 0 Å². The average molecular weight is 658 g/mol. The molecular formula is C37H39N9O3. The normalized spacial score (nSPS) is 21.8. The number of amides is 1. The molecule has 0 radical (unpaired) electrons. The molecule has 5 aromatic rings. The maximum Gasteiger partial charge on any atom is 0.254 e. The topological polar surface area (TPSA) is 140 Å². The first kappa shape index (κ1) is 29.9. The number of nitriles is 1. The minimum Gasteiger partial charge on any atom is -0.494 e. The Morgan fingerprint density at radius 2 is 1.78 bits per heavy atom. The quantitative estimate of drug-likeness (QED) is 0.244. The number of carbonyl (C=O) groups is 1. The largest absolute Gasteiger partial charge is 0.494 e. The van der Waals surface area contributed by atoms with Crippen molar-refractivity contribution >= 4 is 33.8 Å². The predicted molar refractivity (Wildman–Crippen MR) is 184 cm³/mol. The van der Waals surface area contributed by atoms with Crippen LogP contribution in [0.4, 0.5) is 5.82 Å². The Morgan fingerprint density at radius 1 is 0.939 bits per heavy atom. The van der Waals surface area contributed by atoms with Gasteiger partial charge in [0.05, 0.1) is 25.4 Å². The maximum absolute atomic E-state index is 14.0. The maximum atomic E-state index is 14.0. The summed E-state index contributed by atoms with van der Waals surface area (Å²) in [6.45, 7) is 3.82. The second-order valence-corrected chi connectivity index (χ2v) is 14.1. The number of anilines is 1. The molecule has 2 aliphatic heterocycles. The molecule has 2 saturated heterocycles. The second kappa shape index (κ2) is 11.5. The zero-order valence-electron chi connectivity index (χ0n) is 27.7. The average Bonchev–Trinajstić information content (AvgIpc) is 3.48. The number of benzene rings is 1. The number of nitrogens with two attached hydrogens (primary N) is 1. The zero-order valence-corrected chi connectivity index (χ0v) is 27.7. The van der Waals surface area contributed by atoms with Crippen molar-refractivity contribution in [1.29, 1.82) is 5.26 Å². The van der Waals surface area contributed by atoms with E-state index in [1.54, 1.807) is 20.3 Å². The molecule has 0 spiro atoms. The van der Waals surface area contributed by atoms with Crippen molar-refractivity contribution in [2.24, 2.45) is 23.5 Å². The molecule has 250 valence electrons. The van der Waals surface area contributed by atoms with Crippen LogP contribution in [-0.2, 0) is 13.1 Å². The molecule has 12 nitrogen and oxygen atoms in total. The molecule has 2 N–H and O–H groups in total. The number of imidazole rings is 1. The molecule has 2 aliphatic carbocycles. The fraction of sp³-hybridized carbons (Fsp3) is 0.432. The van der Waals surface area contributed by atoms with Crippen LogP contribution in [0.25, 0.3) is 33.6 Å². The summed E-state index contributed by atoms with van der Waals surface area (Å²) in [5.74, 6) is 4.08. The Balaban J connectivity index is 1.15. The Kier molecular flexibility index (Phi) is 7.02. The molecular weight excluding hydrogens is 618 g/mol. The smallest absolute Gasteiger partial charge is 0.254 e. The van der Waals surface area contributed by atoms with Gasteiger partial charge in [-0.25, -0.2) is 9.97 Å². The molecule has 1 aromatic carbocycles. The van der Waals surface area contributed by atoms with Crippen LogP contribution in [0.1, 0.15) is 41.7 Å². The van der Waals surface area contributed by atoms with Gasteiger partial charge in [-0.05, 0) is 73.9 Å². The fourth-order valence-electron chi connectivity index (χ4n) is 8.27. The molecule has 6 heterocycles. The Labute approximate surface area is 284 Å². The molecule has 4 fully saturated rings. The first-order valence-electron chi connectivity index (χ1n) is 17.2. The monoisotopic (exact) mass is 657 g/mol. The Hall–Kier alpha value is -5.15. The van der Waals surface area contributed by atoms with E-state index in [9.17, 15) is 10.1 Å². The number of likely N-dealkylation sites (tertiary alicyclic amines) is 1. The van der Waals surface area contributed by atoms with Gasteiger partial charge in [-0.2, -0.15) is 10.2 Å². The van der Waals surface area contributed by atoms with Gasteiger partial charge >= 0.3 is 0 Å². The van der Waals surface area contributed by atoms with Crippen LogP contribution in [0.15, 0.2) is 48.5 Å².